The fraction of sp³-hybridized carbons (Fsp3) is 0.231. The fourth-order valence-electron chi connectivity index (χ4n) is 1.67. The number of hydrogen-bond acceptors (Lipinski definition) is 3. The lowest BCUT2D eigenvalue weighted by molar-refractivity contribution is 0.101. The summed E-state index contributed by atoms with van der Waals surface area (Å²) >= 11 is 3.34. The molecular weight excluding hydrogens is 310 g/mol. The Morgan fingerprint density at radius 2 is 2.37 bits per heavy atom. The average molecular weight is 324 g/mol. The van der Waals surface area contributed by atoms with E-state index in [0.717, 1.165) is 4.47 Å². The number of halogens is 1. The molecule has 0 atom stereocenters. The third-order valence-electron chi connectivity index (χ3n) is 2.62. The number of carbonyl (C=O) groups is 1. The number of anilines is 1. The highest BCUT2D eigenvalue weighted by Crippen LogP contribution is 2.20. The zero-order valence-electron chi connectivity index (χ0n) is 10.5. The molecule has 2 aromatic rings. The van der Waals surface area contributed by atoms with E-state index in [0.29, 0.717) is 24.5 Å². The number of amides is 1. The van der Waals surface area contributed by atoms with Gasteiger partial charge in [0.05, 0.1) is 16.8 Å². The molecule has 0 spiro atoms. The molecule has 0 bridgehead atoms. The number of hydrogen-bond donors (Lipinski definition) is 1. The Kier molecular flexibility index (Phi) is 4.70. The predicted molar refractivity (Wildman–Crippen MR) is 76.2 cm³/mol. The van der Waals surface area contributed by atoms with Crippen molar-refractivity contribution >= 4 is 27.5 Å². The molecule has 0 unspecified atom stereocenters. The van der Waals surface area contributed by atoms with Crippen LogP contribution in [0.15, 0.2) is 41.3 Å². The Morgan fingerprint density at radius 3 is 3.11 bits per heavy atom. The van der Waals surface area contributed by atoms with Gasteiger partial charge in [-0.3, -0.25) is 9.78 Å². The summed E-state index contributed by atoms with van der Waals surface area (Å²) in [5.74, 6) is -0.159. The van der Waals surface area contributed by atoms with E-state index in [1.807, 2.05) is 16.8 Å². The van der Waals surface area contributed by atoms with Crippen LogP contribution in [0.25, 0.3) is 0 Å². The van der Waals surface area contributed by atoms with Gasteiger partial charge in [-0.2, -0.15) is 0 Å². The normalized spacial score (nSPS) is 10.4. The van der Waals surface area contributed by atoms with Gasteiger partial charge in [-0.1, -0.05) is 0 Å². The molecule has 0 aliphatic heterocycles. The molecule has 2 heterocycles. The van der Waals surface area contributed by atoms with Gasteiger partial charge in [-0.05, 0) is 34.1 Å². The van der Waals surface area contributed by atoms with Gasteiger partial charge in [0, 0.05) is 32.2 Å². The standard InChI is InChI=1S/C13H14BrN3O2/c1-19-8-7-17-6-2-3-12(17)13(18)16-11-4-5-15-9-10(11)14/h2-6,9H,7-8H2,1H3,(H,15,16,18). The minimum Gasteiger partial charge on any atom is -0.383 e. The van der Waals surface area contributed by atoms with Crippen molar-refractivity contribution in [2.24, 2.45) is 0 Å². The number of ether oxygens (including phenoxy) is 1. The molecule has 0 fully saturated rings. The summed E-state index contributed by atoms with van der Waals surface area (Å²) in [6.45, 7) is 1.21. The summed E-state index contributed by atoms with van der Waals surface area (Å²) in [4.78, 5) is 16.2. The molecule has 0 saturated carbocycles. The highest BCUT2D eigenvalue weighted by Gasteiger charge is 2.12. The number of nitrogens with zero attached hydrogens (tertiary/aromatic N) is 2. The Balaban J connectivity index is 2.12. The zero-order chi connectivity index (χ0) is 13.7. The van der Waals surface area contributed by atoms with Gasteiger partial charge in [0.2, 0.25) is 0 Å². The van der Waals surface area contributed by atoms with E-state index in [4.69, 9.17) is 4.74 Å². The van der Waals surface area contributed by atoms with Gasteiger partial charge in [0.25, 0.3) is 5.91 Å². The van der Waals surface area contributed by atoms with Crippen molar-refractivity contribution in [3.05, 3.63) is 47.0 Å². The monoisotopic (exact) mass is 323 g/mol. The van der Waals surface area contributed by atoms with Crippen molar-refractivity contribution in [2.75, 3.05) is 19.0 Å². The van der Waals surface area contributed by atoms with Crippen molar-refractivity contribution in [3.8, 4) is 0 Å². The lowest BCUT2D eigenvalue weighted by Crippen LogP contribution is -2.18. The topological polar surface area (TPSA) is 56.1 Å². The van der Waals surface area contributed by atoms with Crippen LogP contribution in [0.4, 0.5) is 5.69 Å². The largest absolute Gasteiger partial charge is 0.383 e. The highest BCUT2D eigenvalue weighted by molar-refractivity contribution is 9.10. The van der Waals surface area contributed by atoms with Gasteiger partial charge < -0.3 is 14.6 Å². The minimum atomic E-state index is -0.159. The molecule has 2 rings (SSSR count). The van der Waals surface area contributed by atoms with Crippen LogP contribution >= 0.6 is 15.9 Å². The summed E-state index contributed by atoms with van der Waals surface area (Å²) in [6, 6.07) is 5.36. The molecule has 0 radical (unpaired) electrons. The van der Waals surface area contributed by atoms with Gasteiger partial charge in [-0.15, -0.1) is 0 Å². The Bertz CT molecular complexity index is 569. The Morgan fingerprint density at radius 1 is 1.53 bits per heavy atom. The lowest BCUT2D eigenvalue weighted by Gasteiger charge is -2.10. The average Bonchev–Trinajstić information content (AvgIpc) is 2.87. The Hall–Kier alpha value is -1.66. The van der Waals surface area contributed by atoms with Crippen molar-refractivity contribution in [1.82, 2.24) is 9.55 Å². The molecule has 6 heteroatoms. The summed E-state index contributed by atoms with van der Waals surface area (Å²) in [7, 11) is 1.64. The molecule has 0 aliphatic carbocycles. The first kappa shape index (κ1) is 13.8. The van der Waals surface area contributed by atoms with Crippen LogP contribution in [-0.2, 0) is 11.3 Å². The number of carbonyl (C=O) groups excluding carboxylic acids is 1. The molecule has 2 aromatic heterocycles. The van der Waals surface area contributed by atoms with Crippen LogP contribution in [-0.4, -0.2) is 29.2 Å². The van der Waals surface area contributed by atoms with Crippen LogP contribution in [0.1, 0.15) is 10.5 Å². The van der Waals surface area contributed by atoms with E-state index in [2.05, 4.69) is 26.2 Å². The second kappa shape index (κ2) is 6.49. The summed E-state index contributed by atoms with van der Waals surface area (Å²) in [6.07, 6.45) is 5.12. The third kappa shape index (κ3) is 3.42. The van der Waals surface area contributed by atoms with Crippen molar-refractivity contribution in [3.63, 3.8) is 0 Å². The number of pyridine rings is 1. The second-order valence-corrected chi connectivity index (χ2v) is 4.74. The molecule has 0 saturated heterocycles. The fourth-order valence-corrected chi connectivity index (χ4v) is 2.02. The van der Waals surface area contributed by atoms with Crippen LogP contribution in [0, 0.1) is 0 Å². The molecule has 5 nitrogen and oxygen atoms in total. The van der Waals surface area contributed by atoms with Gasteiger partial charge in [0.15, 0.2) is 0 Å². The van der Waals surface area contributed by atoms with Crippen LogP contribution < -0.4 is 5.32 Å². The van der Waals surface area contributed by atoms with Gasteiger partial charge in [0.1, 0.15) is 5.69 Å². The van der Waals surface area contributed by atoms with Crippen LogP contribution in [0.2, 0.25) is 0 Å². The van der Waals surface area contributed by atoms with E-state index in [-0.39, 0.29) is 5.91 Å². The summed E-state index contributed by atoms with van der Waals surface area (Å²) < 4.78 is 7.62. The number of rotatable bonds is 5. The summed E-state index contributed by atoms with van der Waals surface area (Å²) in [5, 5.41) is 2.84. The predicted octanol–water partition coefficient (Wildman–Crippen LogP) is 2.54. The molecular formula is C13H14BrN3O2. The first-order valence-corrected chi connectivity index (χ1v) is 6.56. The van der Waals surface area contributed by atoms with Crippen LogP contribution in [0.3, 0.4) is 0 Å². The maximum absolute atomic E-state index is 12.2. The molecule has 100 valence electrons. The Labute approximate surface area is 119 Å². The van der Waals surface area contributed by atoms with E-state index in [1.165, 1.54) is 0 Å². The number of aromatic nitrogens is 2. The van der Waals surface area contributed by atoms with Crippen molar-refractivity contribution < 1.29 is 9.53 Å². The van der Waals surface area contributed by atoms with Gasteiger partial charge >= 0.3 is 0 Å². The SMILES string of the molecule is COCCn1cccc1C(=O)Nc1ccncc1Br. The maximum atomic E-state index is 12.2. The van der Waals surface area contributed by atoms with E-state index in [1.54, 1.807) is 31.6 Å². The third-order valence-corrected chi connectivity index (χ3v) is 3.25. The highest BCUT2D eigenvalue weighted by atomic mass is 79.9. The summed E-state index contributed by atoms with van der Waals surface area (Å²) in [5.41, 5.74) is 1.29. The van der Waals surface area contributed by atoms with E-state index >= 15 is 0 Å². The molecule has 0 aliphatic rings. The van der Waals surface area contributed by atoms with E-state index < -0.39 is 0 Å². The minimum absolute atomic E-state index is 0.159. The molecule has 1 amide bonds. The quantitative estimate of drug-likeness (QED) is 0.920. The number of nitrogens with one attached hydrogen (secondary N) is 1. The molecule has 0 aromatic carbocycles. The van der Waals surface area contributed by atoms with Crippen molar-refractivity contribution in [1.29, 1.82) is 0 Å². The second-order valence-electron chi connectivity index (χ2n) is 3.89. The van der Waals surface area contributed by atoms with E-state index in [9.17, 15) is 4.79 Å². The van der Waals surface area contributed by atoms with Crippen LogP contribution in [0.5, 0.6) is 0 Å². The first-order chi connectivity index (χ1) is 9.22. The molecule has 19 heavy (non-hydrogen) atoms. The van der Waals surface area contributed by atoms with Crippen molar-refractivity contribution in [2.45, 2.75) is 6.54 Å². The first-order valence-electron chi connectivity index (χ1n) is 5.77. The number of methoxy groups -OCH3 is 1. The smallest absolute Gasteiger partial charge is 0.272 e. The van der Waals surface area contributed by atoms with Gasteiger partial charge in [-0.25, -0.2) is 0 Å². The molecule has 1 N–H and O–H groups in total. The maximum Gasteiger partial charge on any atom is 0.272 e. The zero-order valence-corrected chi connectivity index (χ0v) is 12.1. The lowest BCUT2D eigenvalue weighted by atomic mass is 10.3.